The van der Waals surface area contributed by atoms with E-state index in [1.165, 1.54) is 0 Å². The van der Waals surface area contributed by atoms with Crippen LogP contribution < -0.4 is 5.73 Å². The van der Waals surface area contributed by atoms with Gasteiger partial charge in [0.05, 0.1) is 6.61 Å². The third-order valence-electron chi connectivity index (χ3n) is 3.75. The second kappa shape index (κ2) is 5.08. The Bertz CT molecular complexity index is 440. The zero-order chi connectivity index (χ0) is 13.2. The summed E-state index contributed by atoms with van der Waals surface area (Å²) in [7, 11) is 0. The van der Waals surface area contributed by atoms with Crippen LogP contribution in [0.4, 0.5) is 0 Å². The van der Waals surface area contributed by atoms with Crippen molar-refractivity contribution in [2.75, 3.05) is 6.61 Å². The lowest BCUT2D eigenvalue weighted by Gasteiger charge is -2.16. The van der Waals surface area contributed by atoms with Gasteiger partial charge in [0, 0.05) is 17.9 Å². The molecule has 0 bridgehead atoms. The van der Waals surface area contributed by atoms with Crippen LogP contribution in [0.2, 0.25) is 0 Å². The van der Waals surface area contributed by atoms with Gasteiger partial charge in [-0.15, -0.1) is 0 Å². The first kappa shape index (κ1) is 13.1. The lowest BCUT2D eigenvalue weighted by atomic mass is 9.92. The van der Waals surface area contributed by atoms with E-state index >= 15 is 0 Å². The molecular weight excluding hydrogens is 230 g/mol. The molecule has 1 aliphatic rings. The zero-order valence-electron chi connectivity index (χ0n) is 10.3. The van der Waals surface area contributed by atoms with Gasteiger partial charge in [0.1, 0.15) is 0 Å². The largest absolute Gasteiger partial charge is 0.481 e. The van der Waals surface area contributed by atoms with Gasteiger partial charge in [-0.05, 0) is 30.4 Å². The summed E-state index contributed by atoms with van der Waals surface area (Å²) >= 11 is 0. The second-order valence-electron chi connectivity index (χ2n) is 5.10. The molecule has 1 aromatic carbocycles. The molecule has 1 unspecified atom stereocenters. The van der Waals surface area contributed by atoms with E-state index in [2.05, 4.69) is 0 Å². The summed E-state index contributed by atoms with van der Waals surface area (Å²) in [5.41, 5.74) is 8.00. The number of aliphatic carboxylic acids is 1. The molecule has 0 heterocycles. The summed E-state index contributed by atoms with van der Waals surface area (Å²) in [6.07, 6.45) is 2.54. The average Bonchev–Trinajstić information content (AvgIpc) is 3.17. The van der Waals surface area contributed by atoms with Crippen molar-refractivity contribution in [3.8, 4) is 0 Å². The van der Waals surface area contributed by atoms with Crippen molar-refractivity contribution in [2.45, 2.75) is 37.1 Å². The monoisotopic (exact) mass is 249 g/mol. The van der Waals surface area contributed by atoms with Gasteiger partial charge >= 0.3 is 5.97 Å². The number of aliphatic hydroxyl groups is 1. The van der Waals surface area contributed by atoms with E-state index in [1.807, 2.05) is 24.3 Å². The number of benzene rings is 1. The SMILES string of the molecule is NC(CCC(=O)O)c1cccc(C2(CO)CC2)c1. The normalized spacial score (nSPS) is 18.3. The lowest BCUT2D eigenvalue weighted by Crippen LogP contribution is -2.15. The van der Waals surface area contributed by atoms with E-state index in [4.69, 9.17) is 10.8 Å². The lowest BCUT2D eigenvalue weighted by molar-refractivity contribution is -0.137. The first-order valence-corrected chi connectivity index (χ1v) is 6.26. The summed E-state index contributed by atoms with van der Waals surface area (Å²) in [6, 6.07) is 7.62. The van der Waals surface area contributed by atoms with Gasteiger partial charge < -0.3 is 15.9 Å². The first-order valence-electron chi connectivity index (χ1n) is 6.26. The van der Waals surface area contributed by atoms with Crippen molar-refractivity contribution in [1.29, 1.82) is 0 Å². The molecule has 1 atom stereocenters. The number of carboxylic acid groups (broad SMARTS) is 1. The number of hydrogen-bond donors (Lipinski definition) is 3. The quantitative estimate of drug-likeness (QED) is 0.714. The summed E-state index contributed by atoms with van der Waals surface area (Å²) in [5.74, 6) is -0.823. The van der Waals surface area contributed by atoms with Crippen LogP contribution in [0.25, 0.3) is 0 Å². The molecular formula is C14H19NO3. The highest BCUT2D eigenvalue weighted by Crippen LogP contribution is 2.47. The molecule has 2 rings (SSSR count). The molecule has 98 valence electrons. The van der Waals surface area contributed by atoms with E-state index in [-0.39, 0.29) is 24.5 Å². The Labute approximate surface area is 106 Å². The number of hydrogen-bond acceptors (Lipinski definition) is 3. The van der Waals surface area contributed by atoms with Crippen LogP contribution >= 0.6 is 0 Å². The molecule has 0 spiro atoms. The van der Waals surface area contributed by atoms with Gasteiger partial charge in [-0.25, -0.2) is 0 Å². The van der Waals surface area contributed by atoms with Crippen molar-refractivity contribution < 1.29 is 15.0 Å². The first-order chi connectivity index (χ1) is 8.57. The second-order valence-corrected chi connectivity index (χ2v) is 5.10. The third-order valence-corrected chi connectivity index (χ3v) is 3.75. The van der Waals surface area contributed by atoms with E-state index in [1.54, 1.807) is 0 Å². The Hall–Kier alpha value is -1.39. The van der Waals surface area contributed by atoms with Crippen molar-refractivity contribution in [2.24, 2.45) is 5.73 Å². The molecule has 1 aliphatic carbocycles. The maximum atomic E-state index is 10.5. The van der Waals surface area contributed by atoms with E-state index in [0.29, 0.717) is 6.42 Å². The van der Waals surface area contributed by atoms with Crippen LogP contribution in [0.1, 0.15) is 42.9 Å². The molecule has 4 heteroatoms. The van der Waals surface area contributed by atoms with Crippen molar-refractivity contribution in [1.82, 2.24) is 0 Å². The highest BCUT2D eigenvalue weighted by Gasteiger charge is 2.43. The minimum Gasteiger partial charge on any atom is -0.481 e. The van der Waals surface area contributed by atoms with Crippen LogP contribution in [0, 0.1) is 0 Å². The summed E-state index contributed by atoms with van der Waals surface area (Å²) in [5, 5.41) is 18.1. The van der Waals surface area contributed by atoms with Gasteiger partial charge in [0.2, 0.25) is 0 Å². The van der Waals surface area contributed by atoms with E-state index in [9.17, 15) is 9.90 Å². The van der Waals surface area contributed by atoms with Crippen molar-refractivity contribution in [3.63, 3.8) is 0 Å². The Balaban J connectivity index is 2.09. The van der Waals surface area contributed by atoms with Gasteiger partial charge in [-0.2, -0.15) is 0 Å². The number of aliphatic hydroxyl groups excluding tert-OH is 1. The van der Waals surface area contributed by atoms with Crippen LogP contribution in [0.3, 0.4) is 0 Å². The van der Waals surface area contributed by atoms with E-state index in [0.717, 1.165) is 24.0 Å². The summed E-state index contributed by atoms with van der Waals surface area (Å²) in [4.78, 5) is 10.5. The molecule has 0 aromatic heterocycles. The Morgan fingerprint density at radius 2 is 2.17 bits per heavy atom. The molecule has 1 aromatic rings. The number of nitrogens with two attached hydrogens (primary N) is 1. The average molecular weight is 249 g/mol. The fourth-order valence-electron chi connectivity index (χ4n) is 2.23. The third kappa shape index (κ3) is 2.71. The predicted octanol–water partition coefficient (Wildman–Crippen LogP) is 1.58. The number of carboxylic acids is 1. The summed E-state index contributed by atoms with van der Waals surface area (Å²) in [6.45, 7) is 0.167. The molecule has 1 saturated carbocycles. The summed E-state index contributed by atoms with van der Waals surface area (Å²) < 4.78 is 0. The van der Waals surface area contributed by atoms with E-state index < -0.39 is 5.97 Å². The maximum Gasteiger partial charge on any atom is 0.303 e. The van der Waals surface area contributed by atoms with Gasteiger partial charge in [-0.1, -0.05) is 24.3 Å². The Morgan fingerprint density at radius 3 is 2.72 bits per heavy atom. The number of carbonyl (C=O) groups is 1. The van der Waals surface area contributed by atoms with Gasteiger partial charge in [0.15, 0.2) is 0 Å². The Kier molecular flexibility index (Phi) is 3.68. The molecule has 0 amide bonds. The molecule has 4 nitrogen and oxygen atoms in total. The van der Waals surface area contributed by atoms with Crippen LogP contribution in [-0.4, -0.2) is 22.8 Å². The highest BCUT2D eigenvalue weighted by molar-refractivity contribution is 5.66. The topological polar surface area (TPSA) is 83.6 Å². The van der Waals surface area contributed by atoms with Crippen molar-refractivity contribution >= 4 is 5.97 Å². The molecule has 1 fully saturated rings. The molecule has 18 heavy (non-hydrogen) atoms. The molecule has 4 N–H and O–H groups in total. The predicted molar refractivity (Wildman–Crippen MR) is 68.2 cm³/mol. The molecule has 0 radical (unpaired) electrons. The zero-order valence-corrected chi connectivity index (χ0v) is 10.3. The van der Waals surface area contributed by atoms with Crippen molar-refractivity contribution in [3.05, 3.63) is 35.4 Å². The fourth-order valence-corrected chi connectivity index (χ4v) is 2.23. The standard InChI is InChI=1S/C14H19NO3/c15-12(4-5-13(17)18)10-2-1-3-11(8-10)14(9-16)6-7-14/h1-3,8,12,16H,4-7,9,15H2,(H,17,18). The number of rotatable bonds is 6. The van der Waals surface area contributed by atoms with Gasteiger partial charge in [0.25, 0.3) is 0 Å². The van der Waals surface area contributed by atoms with Gasteiger partial charge in [-0.3, -0.25) is 4.79 Å². The highest BCUT2D eigenvalue weighted by atomic mass is 16.4. The van der Waals surface area contributed by atoms with Crippen LogP contribution in [0.5, 0.6) is 0 Å². The minimum atomic E-state index is -0.823. The molecule has 0 aliphatic heterocycles. The minimum absolute atomic E-state index is 0.0669. The molecule has 0 saturated heterocycles. The maximum absolute atomic E-state index is 10.5. The van der Waals surface area contributed by atoms with Crippen LogP contribution in [0.15, 0.2) is 24.3 Å². The van der Waals surface area contributed by atoms with Crippen LogP contribution in [-0.2, 0) is 10.2 Å². The fraction of sp³-hybridized carbons (Fsp3) is 0.500. The Morgan fingerprint density at radius 1 is 1.44 bits per heavy atom. The smallest absolute Gasteiger partial charge is 0.303 e.